The van der Waals surface area contributed by atoms with Gasteiger partial charge in [0.25, 0.3) is 0 Å². The molecule has 0 spiro atoms. The maximum Gasteiger partial charge on any atom is 0.229 e. The van der Waals surface area contributed by atoms with Crippen LogP contribution in [0.15, 0.2) is 18.2 Å². The highest BCUT2D eigenvalue weighted by Gasteiger charge is 2.30. The van der Waals surface area contributed by atoms with E-state index in [9.17, 15) is 13.6 Å². The van der Waals surface area contributed by atoms with Crippen molar-refractivity contribution < 1.29 is 13.6 Å². The molecule has 1 unspecified atom stereocenters. The van der Waals surface area contributed by atoms with Crippen molar-refractivity contribution in [3.05, 3.63) is 47.0 Å². The minimum Gasteiger partial charge on any atom is -0.342 e. The number of amides is 1. The number of halogens is 3. The number of rotatable bonds is 3. The van der Waals surface area contributed by atoms with Crippen LogP contribution in [0.4, 0.5) is 8.78 Å². The molecule has 152 valence electrons. The van der Waals surface area contributed by atoms with E-state index in [4.69, 9.17) is 0 Å². The predicted octanol–water partition coefficient (Wildman–Crippen LogP) is 2.59. The molecule has 0 saturated carbocycles. The molecule has 2 aromatic rings. The van der Waals surface area contributed by atoms with Gasteiger partial charge in [-0.3, -0.25) is 4.79 Å². The van der Waals surface area contributed by atoms with Crippen LogP contribution >= 0.6 is 12.4 Å². The van der Waals surface area contributed by atoms with Gasteiger partial charge in [0.1, 0.15) is 11.6 Å². The van der Waals surface area contributed by atoms with E-state index in [-0.39, 0.29) is 18.3 Å². The Morgan fingerprint density at radius 3 is 2.64 bits per heavy atom. The molecule has 2 aliphatic heterocycles. The first-order valence-electron chi connectivity index (χ1n) is 9.41. The summed E-state index contributed by atoms with van der Waals surface area (Å²) in [6, 6.07) is 3.66. The second-order valence-electron chi connectivity index (χ2n) is 7.30. The molecule has 1 saturated heterocycles. The molecule has 1 atom stereocenters. The molecule has 28 heavy (non-hydrogen) atoms. The topological polar surface area (TPSA) is 63.1 Å². The maximum atomic E-state index is 13.5. The first kappa shape index (κ1) is 20.7. The summed E-state index contributed by atoms with van der Waals surface area (Å²) >= 11 is 0. The quantitative estimate of drug-likeness (QED) is 0.843. The summed E-state index contributed by atoms with van der Waals surface area (Å²) in [7, 11) is 0. The molecule has 1 N–H and O–H groups in total. The van der Waals surface area contributed by atoms with E-state index in [1.165, 1.54) is 6.07 Å². The Balaban J connectivity index is 0.00000225. The van der Waals surface area contributed by atoms with E-state index in [2.05, 4.69) is 20.1 Å². The average molecular weight is 412 g/mol. The van der Waals surface area contributed by atoms with Gasteiger partial charge in [-0.1, -0.05) is 6.07 Å². The highest BCUT2D eigenvalue weighted by molar-refractivity contribution is 5.85. The first-order valence-corrected chi connectivity index (χ1v) is 9.41. The number of hydrogen-bond donors (Lipinski definition) is 1. The lowest BCUT2D eigenvalue weighted by atomic mass is 9.93. The van der Waals surface area contributed by atoms with Crippen molar-refractivity contribution in [2.75, 3.05) is 19.6 Å². The fourth-order valence-corrected chi connectivity index (χ4v) is 3.97. The molecule has 0 aliphatic carbocycles. The Labute approximate surface area is 168 Å². The Morgan fingerprint density at radius 1 is 1.18 bits per heavy atom. The summed E-state index contributed by atoms with van der Waals surface area (Å²) in [5, 5.41) is 11.9. The van der Waals surface area contributed by atoms with Gasteiger partial charge in [0.05, 0.1) is 12.5 Å². The summed E-state index contributed by atoms with van der Waals surface area (Å²) in [5.74, 6) is -0.0700. The number of nitrogens with one attached hydrogen (secondary N) is 1. The highest BCUT2D eigenvalue weighted by Crippen LogP contribution is 2.30. The Kier molecular flexibility index (Phi) is 6.30. The van der Waals surface area contributed by atoms with E-state index < -0.39 is 17.6 Å². The third kappa shape index (κ3) is 3.89. The van der Waals surface area contributed by atoms with Gasteiger partial charge in [-0.15, -0.1) is 22.6 Å². The standard InChI is InChI=1S/C19H23F2N5O.ClH/c1-12(14-2-3-15(20)16(21)10-14)19(27)25-7-4-13(5-8-25)18-24-23-17-11-22-6-9-26(17)18;/h2-3,10,12-13,22H,4-9,11H2,1H3;1H. The number of nitrogens with zero attached hydrogens (tertiary/aromatic N) is 4. The van der Waals surface area contributed by atoms with Crippen molar-refractivity contribution in [2.45, 2.75) is 44.7 Å². The first-order chi connectivity index (χ1) is 13.0. The normalized spacial score (nSPS) is 18.3. The number of carbonyl (C=O) groups excluding carboxylic acids is 1. The third-order valence-corrected chi connectivity index (χ3v) is 5.64. The fraction of sp³-hybridized carbons (Fsp3) is 0.526. The minimum absolute atomic E-state index is 0. The summed E-state index contributed by atoms with van der Waals surface area (Å²) in [6.07, 6.45) is 1.67. The third-order valence-electron chi connectivity index (χ3n) is 5.64. The lowest BCUT2D eigenvalue weighted by molar-refractivity contribution is -0.133. The Bertz CT molecular complexity index is 851. The van der Waals surface area contributed by atoms with E-state index in [0.29, 0.717) is 24.6 Å². The van der Waals surface area contributed by atoms with Crippen LogP contribution in [0.1, 0.15) is 48.8 Å². The van der Waals surface area contributed by atoms with Crippen LogP contribution in [0.25, 0.3) is 0 Å². The minimum atomic E-state index is -0.920. The molecular weight excluding hydrogens is 388 g/mol. The van der Waals surface area contributed by atoms with Crippen LogP contribution in [-0.2, 0) is 17.9 Å². The molecule has 1 amide bonds. The van der Waals surface area contributed by atoms with Gasteiger partial charge in [-0.2, -0.15) is 0 Å². The second-order valence-corrected chi connectivity index (χ2v) is 7.30. The smallest absolute Gasteiger partial charge is 0.229 e. The molecule has 0 radical (unpaired) electrons. The van der Waals surface area contributed by atoms with Crippen molar-refractivity contribution >= 4 is 18.3 Å². The van der Waals surface area contributed by atoms with E-state index in [1.54, 1.807) is 6.92 Å². The van der Waals surface area contributed by atoms with Crippen LogP contribution in [0, 0.1) is 11.6 Å². The molecule has 0 bridgehead atoms. The lowest BCUT2D eigenvalue weighted by Gasteiger charge is -2.33. The van der Waals surface area contributed by atoms with Crippen molar-refractivity contribution in [2.24, 2.45) is 0 Å². The lowest BCUT2D eigenvalue weighted by Crippen LogP contribution is -2.40. The van der Waals surface area contributed by atoms with Crippen LogP contribution in [0.2, 0.25) is 0 Å². The van der Waals surface area contributed by atoms with Gasteiger partial charge < -0.3 is 14.8 Å². The molecule has 1 fully saturated rings. The van der Waals surface area contributed by atoms with Gasteiger partial charge in [-0.05, 0) is 37.5 Å². The van der Waals surface area contributed by atoms with Gasteiger partial charge in [0.15, 0.2) is 11.6 Å². The summed E-state index contributed by atoms with van der Waals surface area (Å²) in [4.78, 5) is 14.6. The largest absolute Gasteiger partial charge is 0.342 e. The zero-order valence-corrected chi connectivity index (χ0v) is 16.5. The summed E-state index contributed by atoms with van der Waals surface area (Å²) in [5.41, 5.74) is 0.500. The summed E-state index contributed by atoms with van der Waals surface area (Å²) < 4.78 is 28.8. The van der Waals surface area contributed by atoms with Crippen LogP contribution in [-0.4, -0.2) is 45.2 Å². The zero-order valence-electron chi connectivity index (χ0n) is 15.7. The molecule has 1 aromatic carbocycles. The average Bonchev–Trinajstić information content (AvgIpc) is 3.13. The molecule has 6 nitrogen and oxygen atoms in total. The maximum absolute atomic E-state index is 13.5. The van der Waals surface area contributed by atoms with Crippen molar-refractivity contribution in [1.29, 1.82) is 0 Å². The highest BCUT2D eigenvalue weighted by atomic mass is 35.5. The Hall–Kier alpha value is -2.06. The number of aromatic nitrogens is 3. The number of fused-ring (bicyclic) bond motifs is 1. The molecule has 2 aliphatic rings. The Morgan fingerprint density at radius 2 is 1.93 bits per heavy atom. The molecular formula is C19H24ClF2N5O. The number of carbonyl (C=O) groups is 1. The summed E-state index contributed by atoms with van der Waals surface area (Å²) in [6.45, 7) is 5.56. The number of hydrogen-bond acceptors (Lipinski definition) is 4. The van der Waals surface area contributed by atoms with E-state index >= 15 is 0 Å². The van der Waals surface area contributed by atoms with Crippen molar-refractivity contribution in [3.63, 3.8) is 0 Å². The molecule has 3 heterocycles. The second kappa shape index (κ2) is 8.53. The number of likely N-dealkylation sites (tertiary alicyclic amines) is 1. The predicted molar refractivity (Wildman–Crippen MR) is 102 cm³/mol. The van der Waals surface area contributed by atoms with E-state index in [1.807, 2.05) is 4.90 Å². The SMILES string of the molecule is CC(C(=O)N1CCC(c2nnc3n2CCNC3)CC1)c1ccc(F)c(F)c1.Cl. The van der Waals surface area contributed by atoms with Gasteiger partial charge in [0.2, 0.25) is 5.91 Å². The van der Waals surface area contributed by atoms with E-state index in [0.717, 1.165) is 56.3 Å². The molecule has 1 aromatic heterocycles. The molecule has 4 rings (SSSR count). The van der Waals surface area contributed by atoms with Gasteiger partial charge >= 0.3 is 0 Å². The van der Waals surface area contributed by atoms with Crippen LogP contribution in [0.5, 0.6) is 0 Å². The number of benzene rings is 1. The van der Waals surface area contributed by atoms with Crippen LogP contribution < -0.4 is 5.32 Å². The van der Waals surface area contributed by atoms with Crippen molar-refractivity contribution in [3.8, 4) is 0 Å². The zero-order chi connectivity index (χ0) is 19.0. The van der Waals surface area contributed by atoms with Crippen LogP contribution in [0.3, 0.4) is 0 Å². The monoisotopic (exact) mass is 411 g/mol. The van der Waals surface area contributed by atoms with Gasteiger partial charge in [0, 0.05) is 32.1 Å². The number of piperidine rings is 1. The fourth-order valence-electron chi connectivity index (χ4n) is 3.97. The van der Waals surface area contributed by atoms with Gasteiger partial charge in [-0.25, -0.2) is 8.78 Å². The molecule has 9 heteroatoms. The van der Waals surface area contributed by atoms with Crippen molar-refractivity contribution in [1.82, 2.24) is 25.0 Å².